The zero-order valence-electron chi connectivity index (χ0n) is 9.25. The Labute approximate surface area is 117 Å². The third kappa shape index (κ3) is 2.82. The first-order valence-corrected chi connectivity index (χ1v) is 7.89. The number of aromatic nitrogens is 1. The van der Waals surface area contributed by atoms with Crippen molar-refractivity contribution in [2.24, 2.45) is 0 Å². The Morgan fingerprint density at radius 2 is 2.17 bits per heavy atom. The van der Waals surface area contributed by atoms with Gasteiger partial charge in [0.25, 0.3) is 10.0 Å². The van der Waals surface area contributed by atoms with Crippen LogP contribution in [-0.2, 0) is 10.0 Å². The van der Waals surface area contributed by atoms with Crippen LogP contribution in [0.15, 0.2) is 38.5 Å². The number of ether oxygens (including phenoxy) is 1. The largest absolute Gasteiger partial charge is 0.480 e. The Morgan fingerprint density at radius 1 is 1.39 bits per heavy atom. The molecule has 2 aromatic rings. The highest BCUT2D eigenvalue weighted by Crippen LogP contribution is 2.29. The van der Waals surface area contributed by atoms with Crippen LogP contribution in [0.3, 0.4) is 0 Å². The van der Waals surface area contributed by atoms with E-state index in [2.05, 4.69) is 25.6 Å². The molecule has 0 amide bonds. The summed E-state index contributed by atoms with van der Waals surface area (Å²) in [5, 5.41) is 0. The molecule has 0 aliphatic rings. The molecule has 0 bridgehead atoms. The minimum absolute atomic E-state index is 0.222. The number of hydrogen-bond donors (Lipinski definition) is 1. The van der Waals surface area contributed by atoms with Crippen molar-refractivity contribution in [2.45, 2.75) is 4.21 Å². The monoisotopic (exact) mass is 348 g/mol. The van der Waals surface area contributed by atoms with Crippen LogP contribution in [0.5, 0.6) is 5.88 Å². The Kier molecular flexibility index (Phi) is 3.88. The fourth-order valence-electron chi connectivity index (χ4n) is 1.27. The van der Waals surface area contributed by atoms with Crippen LogP contribution in [0.1, 0.15) is 0 Å². The van der Waals surface area contributed by atoms with E-state index in [1.165, 1.54) is 19.4 Å². The van der Waals surface area contributed by atoms with Gasteiger partial charge in [0.2, 0.25) is 5.88 Å². The number of methoxy groups -OCH3 is 1. The van der Waals surface area contributed by atoms with Crippen molar-refractivity contribution in [3.8, 4) is 5.88 Å². The standard InChI is InChI=1S/C10H9BrN2O3S2/c1-16-10-7(3-2-6-12-10)13-18(14,15)9-5-4-8(11)17-9/h2-6,13H,1H3. The zero-order chi connectivity index (χ0) is 13.2. The van der Waals surface area contributed by atoms with Crippen molar-refractivity contribution in [1.82, 2.24) is 4.98 Å². The molecule has 2 rings (SSSR count). The minimum atomic E-state index is -3.61. The van der Waals surface area contributed by atoms with Gasteiger partial charge in [-0.25, -0.2) is 13.4 Å². The van der Waals surface area contributed by atoms with Gasteiger partial charge in [0.15, 0.2) is 0 Å². The van der Waals surface area contributed by atoms with Crippen molar-refractivity contribution >= 4 is 43.0 Å². The quantitative estimate of drug-likeness (QED) is 0.922. The first kappa shape index (κ1) is 13.3. The van der Waals surface area contributed by atoms with E-state index in [1.54, 1.807) is 18.2 Å². The highest BCUT2D eigenvalue weighted by molar-refractivity contribution is 9.11. The number of thiophene rings is 1. The number of pyridine rings is 1. The Balaban J connectivity index is 2.33. The Morgan fingerprint density at radius 3 is 2.78 bits per heavy atom. The molecular weight excluding hydrogens is 340 g/mol. The van der Waals surface area contributed by atoms with Crippen LogP contribution in [0.2, 0.25) is 0 Å². The van der Waals surface area contributed by atoms with Gasteiger partial charge < -0.3 is 4.74 Å². The van der Waals surface area contributed by atoms with Crippen molar-refractivity contribution in [1.29, 1.82) is 0 Å². The predicted octanol–water partition coefficient (Wildman–Crippen LogP) is 2.72. The molecule has 0 unspecified atom stereocenters. The molecule has 2 heterocycles. The van der Waals surface area contributed by atoms with Crippen LogP contribution in [0, 0.1) is 0 Å². The smallest absolute Gasteiger partial charge is 0.271 e. The number of nitrogens with zero attached hydrogens (tertiary/aromatic N) is 1. The van der Waals surface area contributed by atoms with Crippen LogP contribution < -0.4 is 9.46 Å². The number of nitrogens with one attached hydrogen (secondary N) is 1. The molecule has 5 nitrogen and oxygen atoms in total. The maximum absolute atomic E-state index is 12.1. The lowest BCUT2D eigenvalue weighted by atomic mass is 10.4. The first-order valence-electron chi connectivity index (χ1n) is 4.80. The van der Waals surface area contributed by atoms with Gasteiger partial charge in [0.1, 0.15) is 9.90 Å². The lowest BCUT2D eigenvalue weighted by Crippen LogP contribution is -2.12. The van der Waals surface area contributed by atoms with Crippen molar-refractivity contribution in [3.63, 3.8) is 0 Å². The highest BCUT2D eigenvalue weighted by atomic mass is 79.9. The summed E-state index contributed by atoms with van der Waals surface area (Å²) >= 11 is 4.36. The number of halogens is 1. The lowest BCUT2D eigenvalue weighted by molar-refractivity contribution is 0.400. The Hall–Kier alpha value is -1.12. The molecule has 2 aromatic heterocycles. The second-order valence-electron chi connectivity index (χ2n) is 3.22. The average molecular weight is 349 g/mol. The molecule has 8 heteroatoms. The zero-order valence-corrected chi connectivity index (χ0v) is 12.5. The molecule has 1 N–H and O–H groups in total. The maximum Gasteiger partial charge on any atom is 0.271 e. The molecule has 0 saturated carbocycles. The molecule has 0 fully saturated rings. The first-order chi connectivity index (χ1) is 8.53. The third-order valence-corrected chi connectivity index (χ3v) is 5.50. The van der Waals surface area contributed by atoms with Crippen molar-refractivity contribution in [2.75, 3.05) is 11.8 Å². The molecule has 0 aliphatic heterocycles. The van der Waals surface area contributed by atoms with Gasteiger partial charge in [-0.1, -0.05) is 0 Å². The normalized spacial score (nSPS) is 11.2. The molecule has 96 valence electrons. The number of sulfonamides is 1. The van der Waals surface area contributed by atoms with Crippen molar-refractivity contribution < 1.29 is 13.2 Å². The van der Waals surface area contributed by atoms with Gasteiger partial charge in [0, 0.05) is 6.20 Å². The fraction of sp³-hybridized carbons (Fsp3) is 0.100. The second-order valence-corrected chi connectivity index (χ2v) is 7.60. The topological polar surface area (TPSA) is 68.3 Å². The fourth-order valence-corrected chi connectivity index (χ4v) is 4.34. The van der Waals surface area contributed by atoms with Crippen LogP contribution >= 0.6 is 27.3 Å². The van der Waals surface area contributed by atoms with E-state index in [0.717, 1.165) is 15.1 Å². The van der Waals surface area contributed by atoms with Crippen LogP contribution in [-0.4, -0.2) is 20.5 Å². The second kappa shape index (κ2) is 5.25. The van der Waals surface area contributed by atoms with Gasteiger partial charge >= 0.3 is 0 Å². The van der Waals surface area contributed by atoms with E-state index in [4.69, 9.17) is 4.74 Å². The minimum Gasteiger partial charge on any atom is -0.480 e. The van der Waals surface area contributed by atoms with Gasteiger partial charge in [-0.15, -0.1) is 11.3 Å². The number of rotatable bonds is 4. The van der Waals surface area contributed by atoms with Gasteiger partial charge in [0.05, 0.1) is 10.9 Å². The van der Waals surface area contributed by atoms with E-state index in [1.807, 2.05) is 0 Å². The molecule has 0 saturated heterocycles. The molecule has 0 atom stereocenters. The third-order valence-electron chi connectivity index (χ3n) is 2.02. The molecule has 0 spiro atoms. The van der Waals surface area contributed by atoms with Crippen molar-refractivity contribution in [3.05, 3.63) is 34.2 Å². The van der Waals surface area contributed by atoms with Gasteiger partial charge in [-0.3, -0.25) is 4.72 Å². The molecular formula is C10H9BrN2O3S2. The van der Waals surface area contributed by atoms with Gasteiger partial charge in [-0.2, -0.15) is 0 Å². The van der Waals surface area contributed by atoms with E-state index in [0.29, 0.717) is 5.69 Å². The molecule has 18 heavy (non-hydrogen) atoms. The number of anilines is 1. The van der Waals surface area contributed by atoms with Crippen LogP contribution in [0.25, 0.3) is 0 Å². The predicted molar refractivity (Wildman–Crippen MR) is 73.6 cm³/mol. The summed E-state index contributed by atoms with van der Waals surface area (Å²) in [6, 6.07) is 6.43. The summed E-state index contributed by atoms with van der Waals surface area (Å²) in [5.41, 5.74) is 0.310. The Bertz CT molecular complexity index is 655. The SMILES string of the molecule is COc1ncccc1NS(=O)(=O)c1ccc(Br)s1. The summed E-state index contributed by atoms with van der Waals surface area (Å²) in [5.74, 6) is 0.233. The summed E-state index contributed by atoms with van der Waals surface area (Å²) in [6.07, 6.45) is 1.53. The molecule has 0 aromatic carbocycles. The lowest BCUT2D eigenvalue weighted by Gasteiger charge is -2.09. The van der Waals surface area contributed by atoms with Crippen LogP contribution in [0.4, 0.5) is 5.69 Å². The molecule has 0 aliphatic carbocycles. The highest BCUT2D eigenvalue weighted by Gasteiger charge is 2.18. The molecule has 0 radical (unpaired) electrons. The van der Waals surface area contributed by atoms with E-state index >= 15 is 0 Å². The average Bonchev–Trinajstić information content (AvgIpc) is 2.77. The van der Waals surface area contributed by atoms with E-state index < -0.39 is 10.0 Å². The summed E-state index contributed by atoms with van der Waals surface area (Å²) in [4.78, 5) is 3.93. The van der Waals surface area contributed by atoms with Gasteiger partial charge in [-0.05, 0) is 40.2 Å². The number of hydrogen-bond acceptors (Lipinski definition) is 5. The summed E-state index contributed by atoms with van der Waals surface area (Å²) in [7, 11) is -2.17. The summed E-state index contributed by atoms with van der Waals surface area (Å²) < 4.78 is 32.6. The summed E-state index contributed by atoms with van der Waals surface area (Å²) in [6.45, 7) is 0. The van der Waals surface area contributed by atoms with E-state index in [-0.39, 0.29) is 10.1 Å². The maximum atomic E-state index is 12.1. The van der Waals surface area contributed by atoms with E-state index in [9.17, 15) is 8.42 Å².